The number of halogens is 3. The van der Waals surface area contributed by atoms with Gasteiger partial charge in [0.15, 0.2) is 0 Å². The number of rotatable bonds is 3. The summed E-state index contributed by atoms with van der Waals surface area (Å²) in [5, 5.41) is 5.82. The van der Waals surface area contributed by atoms with Gasteiger partial charge in [0.1, 0.15) is 11.6 Å². The second kappa shape index (κ2) is 5.89. The van der Waals surface area contributed by atoms with E-state index in [0.717, 1.165) is 31.4 Å². The highest BCUT2D eigenvalue weighted by atomic mass is 19.4. The van der Waals surface area contributed by atoms with Crippen LogP contribution >= 0.6 is 0 Å². The van der Waals surface area contributed by atoms with Crippen LogP contribution in [0.5, 0.6) is 0 Å². The van der Waals surface area contributed by atoms with Crippen molar-refractivity contribution in [2.24, 2.45) is 5.92 Å². The number of alkyl halides is 3. The average molecular weight is 287 g/mol. The van der Waals surface area contributed by atoms with E-state index in [9.17, 15) is 13.2 Å². The minimum absolute atomic E-state index is 0.208. The molecule has 2 unspecified atom stereocenters. The molecule has 0 radical (unpaired) electrons. The van der Waals surface area contributed by atoms with Crippen LogP contribution in [0.4, 0.5) is 24.8 Å². The van der Waals surface area contributed by atoms with Gasteiger partial charge < -0.3 is 10.6 Å². The monoisotopic (exact) mass is 287 g/mol. The minimum Gasteiger partial charge on any atom is -0.373 e. The van der Waals surface area contributed by atoms with Gasteiger partial charge in [0.25, 0.3) is 0 Å². The standard InChI is InChI=1S/C14H20F3N3/c1-9-4-3-5-11(6-9)19-13-8-10(14(15,16)17)7-12(18-2)20-13/h7-9,11H,3-6H2,1-2H3,(H2,18,19,20). The summed E-state index contributed by atoms with van der Waals surface area (Å²) in [4.78, 5) is 4.16. The van der Waals surface area contributed by atoms with Crippen LogP contribution in [0.3, 0.4) is 0 Å². The molecule has 3 nitrogen and oxygen atoms in total. The molecule has 0 amide bonds. The maximum Gasteiger partial charge on any atom is 0.416 e. The summed E-state index contributed by atoms with van der Waals surface area (Å²) in [6.45, 7) is 2.17. The number of nitrogens with one attached hydrogen (secondary N) is 2. The van der Waals surface area contributed by atoms with Gasteiger partial charge in [-0.15, -0.1) is 0 Å². The molecule has 0 saturated heterocycles. The van der Waals surface area contributed by atoms with E-state index in [2.05, 4.69) is 22.5 Å². The highest BCUT2D eigenvalue weighted by molar-refractivity contribution is 5.50. The molecule has 20 heavy (non-hydrogen) atoms. The first kappa shape index (κ1) is 14.9. The van der Waals surface area contributed by atoms with E-state index in [4.69, 9.17) is 0 Å². The second-order valence-electron chi connectivity index (χ2n) is 5.49. The van der Waals surface area contributed by atoms with Gasteiger partial charge in [0, 0.05) is 13.1 Å². The van der Waals surface area contributed by atoms with Gasteiger partial charge in [0.2, 0.25) is 0 Å². The van der Waals surface area contributed by atoms with Crippen molar-refractivity contribution in [3.8, 4) is 0 Å². The van der Waals surface area contributed by atoms with Gasteiger partial charge in [-0.1, -0.05) is 19.8 Å². The van der Waals surface area contributed by atoms with Crippen LogP contribution in [0, 0.1) is 5.92 Å². The minimum atomic E-state index is -4.36. The number of aromatic nitrogens is 1. The Labute approximate surface area is 117 Å². The van der Waals surface area contributed by atoms with Crippen LogP contribution in [0.2, 0.25) is 0 Å². The summed E-state index contributed by atoms with van der Waals surface area (Å²) in [5.41, 5.74) is -0.678. The second-order valence-corrected chi connectivity index (χ2v) is 5.49. The molecule has 2 atom stereocenters. The highest BCUT2D eigenvalue weighted by Gasteiger charge is 2.32. The Hall–Kier alpha value is -1.46. The van der Waals surface area contributed by atoms with Crippen LogP contribution in [0.15, 0.2) is 12.1 Å². The van der Waals surface area contributed by atoms with Gasteiger partial charge in [-0.25, -0.2) is 4.98 Å². The predicted octanol–water partition coefficient (Wildman–Crippen LogP) is 4.13. The molecule has 1 aromatic rings. The molecule has 2 rings (SSSR count). The first-order chi connectivity index (χ1) is 9.38. The van der Waals surface area contributed by atoms with E-state index in [-0.39, 0.29) is 11.9 Å². The maximum absolute atomic E-state index is 12.8. The van der Waals surface area contributed by atoms with Crippen molar-refractivity contribution in [1.82, 2.24) is 4.98 Å². The van der Waals surface area contributed by atoms with Crippen molar-refractivity contribution >= 4 is 11.6 Å². The molecule has 1 saturated carbocycles. The third-order valence-corrected chi connectivity index (χ3v) is 3.70. The zero-order chi connectivity index (χ0) is 14.8. The van der Waals surface area contributed by atoms with E-state index in [0.29, 0.717) is 11.7 Å². The molecular formula is C14H20F3N3. The Morgan fingerprint density at radius 1 is 1.20 bits per heavy atom. The molecule has 112 valence electrons. The topological polar surface area (TPSA) is 37.0 Å². The molecule has 1 aromatic heterocycles. The molecule has 1 heterocycles. The average Bonchev–Trinajstić information content (AvgIpc) is 2.37. The molecule has 1 aliphatic rings. The molecule has 1 aliphatic carbocycles. The van der Waals surface area contributed by atoms with E-state index in [1.807, 2.05) is 0 Å². The van der Waals surface area contributed by atoms with Crippen molar-refractivity contribution in [2.75, 3.05) is 17.7 Å². The molecule has 0 spiro atoms. The normalized spacial score (nSPS) is 23.4. The van der Waals surface area contributed by atoms with Crippen LogP contribution in [0.1, 0.15) is 38.2 Å². The highest BCUT2D eigenvalue weighted by Crippen LogP contribution is 2.33. The van der Waals surface area contributed by atoms with Crippen LogP contribution in [0.25, 0.3) is 0 Å². The van der Waals surface area contributed by atoms with Gasteiger partial charge >= 0.3 is 6.18 Å². The SMILES string of the molecule is CNc1cc(C(F)(F)F)cc(NC2CCCC(C)C2)n1. The number of hydrogen-bond donors (Lipinski definition) is 2. The van der Waals surface area contributed by atoms with E-state index < -0.39 is 11.7 Å². The largest absolute Gasteiger partial charge is 0.416 e. The molecule has 2 N–H and O–H groups in total. The number of hydrogen-bond acceptors (Lipinski definition) is 3. The first-order valence-electron chi connectivity index (χ1n) is 6.92. The van der Waals surface area contributed by atoms with Crippen molar-refractivity contribution in [3.05, 3.63) is 17.7 Å². The number of anilines is 2. The molecule has 0 bridgehead atoms. The van der Waals surface area contributed by atoms with Crippen molar-refractivity contribution in [2.45, 2.75) is 44.8 Å². The lowest BCUT2D eigenvalue weighted by Gasteiger charge is -2.28. The van der Waals surface area contributed by atoms with Crippen LogP contribution < -0.4 is 10.6 Å². The van der Waals surface area contributed by atoms with Crippen LogP contribution in [-0.4, -0.2) is 18.1 Å². The molecule has 1 fully saturated rings. The first-order valence-corrected chi connectivity index (χ1v) is 6.92. The Balaban J connectivity index is 2.18. The van der Waals surface area contributed by atoms with E-state index in [1.165, 1.54) is 6.42 Å². The number of pyridine rings is 1. The molecular weight excluding hydrogens is 267 g/mol. The smallest absolute Gasteiger partial charge is 0.373 e. The Morgan fingerprint density at radius 3 is 2.50 bits per heavy atom. The summed E-state index contributed by atoms with van der Waals surface area (Å²) < 4.78 is 38.5. The summed E-state index contributed by atoms with van der Waals surface area (Å²) in [6, 6.07) is 2.31. The van der Waals surface area contributed by atoms with Crippen molar-refractivity contribution in [1.29, 1.82) is 0 Å². The van der Waals surface area contributed by atoms with Gasteiger partial charge in [-0.3, -0.25) is 0 Å². The lowest BCUT2D eigenvalue weighted by molar-refractivity contribution is -0.137. The fourth-order valence-corrected chi connectivity index (χ4v) is 2.67. The quantitative estimate of drug-likeness (QED) is 0.877. The molecule has 0 aromatic carbocycles. The number of nitrogens with zero attached hydrogens (tertiary/aromatic N) is 1. The summed E-state index contributed by atoms with van der Waals surface area (Å²) in [7, 11) is 1.56. The molecule has 6 heteroatoms. The molecule has 0 aliphatic heterocycles. The third kappa shape index (κ3) is 3.77. The van der Waals surface area contributed by atoms with Gasteiger partial charge in [-0.05, 0) is 30.9 Å². The Morgan fingerprint density at radius 2 is 1.90 bits per heavy atom. The zero-order valence-corrected chi connectivity index (χ0v) is 11.7. The summed E-state index contributed by atoms with van der Waals surface area (Å²) >= 11 is 0. The van der Waals surface area contributed by atoms with Gasteiger partial charge in [0.05, 0.1) is 5.56 Å². The van der Waals surface area contributed by atoms with Crippen LogP contribution in [-0.2, 0) is 6.18 Å². The zero-order valence-electron chi connectivity index (χ0n) is 11.7. The Kier molecular flexibility index (Phi) is 4.40. The fraction of sp³-hybridized carbons (Fsp3) is 0.643. The lowest BCUT2D eigenvalue weighted by atomic mass is 9.87. The summed E-state index contributed by atoms with van der Waals surface area (Å²) in [6.07, 6.45) is -0.0958. The van der Waals surface area contributed by atoms with Gasteiger partial charge in [-0.2, -0.15) is 13.2 Å². The van der Waals surface area contributed by atoms with Crippen molar-refractivity contribution < 1.29 is 13.2 Å². The predicted molar refractivity (Wildman–Crippen MR) is 73.8 cm³/mol. The van der Waals surface area contributed by atoms with E-state index in [1.54, 1.807) is 7.05 Å². The van der Waals surface area contributed by atoms with E-state index >= 15 is 0 Å². The Bertz CT molecular complexity index is 459. The third-order valence-electron chi connectivity index (χ3n) is 3.70. The lowest BCUT2D eigenvalue weighted by Crippen LogP contribution is -2.27. The van der Waals surface area contributed by atoms with Crippen molar-refractivity contribution in [3.63, 3.8) is 0 Å². The maximum atomic E-state index is 12.8. The summed E-state index contributed by atoms with van der Waals surface area (Å²) in [5.74, 6) is 1.13. The fourth-order valence-electron chi connectivity index (χ4n) is 2.67.